The van der Waals surface area contributed by atoms with Crippen molar-refractivity contribution in [2.45, 2.75) is 24.3 Å². The molecule has 1 unspecified atom stereocenters. The van der Waals surface area contributed by atoms with E-state index in [1.807, 2.05) is 0 Å². The Morgan fingerprint density at radius 2 is 1.59 bits per heavy atom. The third-order valence-electron chi connectivity index (χ3n) is 3.58. The topological polar surface area (TPSA) is 121 Å². The van der Waals surface area contributed by atoms with E-state index < -0.39 is 22.7 Å². The van der Waals surface area contributed by atoms with E-state index in [0.717, 1.165) is 5.56 Å². The first-order valence-electron chi connectivity index (χ1n) is 7.59. The van der Waals surface area contributed by atoms with Gasteiger partial charge in [0.15, 0.2) is 4.99 Å². The van der Waals surface area contributed by atoms with Gasteiger partial charge in [0.05, 0.1) is 0 Å². The third kappa shape index (κ3) is 13.0. The summed E-state index contributed by atoms with van der Waals surface area (Å²) in [5, 5.41) is 0. The van der Waals surface area contributed by atoms with Gasteiger partial charge in [-0.3, -0.25) is 9.12 Å². The molecule has 0 spiro atoms. The van der Waals surface area contributed by atoms with Crippen LogP contribution in [0.4, 0.5) is 4.39 Å². The summed E-state index contributed by atoms with van der Waals surface area (Å²) >= 11 is 0. The molecule has 7 nitrogen and oxygen atoms in total. The molecule has 2 aromatic rings. The molecule has 0 aliphatic rings. The van der Waals surface area contributed by atoms with Gasteiger partial charge < -0.3 is 14.5 Å². The minimum absolute atomic E-state index is 0. The van der Waals surface area contributed by atoms with Crippen LogP contribution in [0.3, 0.4) is 0 Å². The van der Waals surface area contributed by atoms with Crippen molar-refractivity contribution < 1.29 is 36.4 Å². The molecule has 29 heavy (non-hydrogen) atoms. The summed E-state index contributed by atoms with van der Waals surface area (Å²) in [4.78, 5) is 16.0. The van der Waals surface area contributed by atoms with Gasteiger partial charge in [0, 0.05) is 154 Å². The zero-order valence-electron chi connectivity index (χ0n) is 16.5. The molecule has 0 fully saturated rings. The van der Waals surface area contributed by atoms with Crippen LogP contribution in [-0.2, 0) is 21.1 Å². The molecule has 0 aliphatic carbocycles. The van der Waals surface area contributed by atoms with E-state index in [9.17, 15) is 17.4 Å². The predicted octanol–water partition coefficient (Wildman–Crippen LogP) is 2.19. The number of benzene rings is 2. The van der Waals surface area contributed by atoms with Gasteiger partial charge >= 0.3 is 7.60 Å². The van der Waals surface area contributed by atoms with Crippen LogP contribution in [0, 0.1) is 5.82 Å². The summed E-state index contributed by atoms with van der Waals surface area (Å²) in [5.74, 6) is 0.538. The van der Waals surface area contributed by atoms with E-state index in [-0.39, 0.29) is 173 Å². The van der Waals surface area contributed by atoms with Gasteiger partial charge in [0.25, 0.3) is 10.1 Å². The molecule has 2 rings (SSSR count). The van der Waals surface area contributed by atoms with E-state index in [1.54, 1.807) is 24.3 Å². The first kappa shape index (κ1) is 34.3. The van der Waals surface area contributed by atoms with Gasteiger partial charge in [-0.25, -0.2) is 4.39 Å². The first-order valence-corrected chi connectivity index (χ1v) is 10.8. The van der Waals surface area contributed by atoms with Crippen molar-refractivity contribution in [3.8, 4) is 11.5 Å². The molecule has 2 aromatic carbocycles. The average Bonchev–Trinajstić information content (AvgIpc) is 2.52. The quantitative estimate of drug-likeness (QED) is 0.277. The Labute approximate surface area is 297 Å². The van der Waals surface area contributed by atoms with Crippen molar-refractivity contribution in [2.24, 2.45) is 0 Å². The summed E-state index contributed by atoms with van der Waals surface area (Å²) < 4.78 is 60.9. The molecule has 1 atom stereocenters. The first-order chi connectivity index (χ1) is 12.1. The SMILES string of the molecule is O=P(O)(O)C(CCCc1cccc(Oc2ccc(F)cc2)c1)S(=O)(=O)O.[K].[K].[K]. The van der Waals surface area contributed by atoms with Gasteiger partial charge in [-0.05, 0) is 61.2 Å². The molecule has 3 radical (unpaired) electrons. The molecule has 145 valence electrons. The minimum atomic E-state index is -4.97. The van der Waals surface area contributed by atoms with Crippen molar-refractivity contribution >= 4 is 172 Å². The van der Waals surface area contributed by atoms with Crippen LogP contribution in [0.25, 0.3) is 0 Å². The average molecular weight is 522 g/mol. The van der Waals surface area contributed by atoms with E-state index in [1.165, 1.54) is 24.3 Å². The largest absolute Gasteiger partial charge is 0.457 e. The second-order valence-corrected chi connectivity index (χ2v) is 9.40. The van der Waals surface area contributed by atoms with Crippen LogP contribution < -0.4 is 4.74 Å². The maximum Gasteiger partial charge on any atom is 0.346 e. The number of halogens is 1. The molecule has 0 saturated carbocycles. The summed E-state index contributed by atoms with van der Waals surface area (Å²) in [6.07, 6.45) is 0.0777. The maximum absolute atomic E-state index is 12.9. The van der Waals surface area contributed by atoms with Crippen molar-refractivity contribution in [1.29, 1.82) is 0 Å². The third-order valence-corrected chi connectivity index (χ3v) is 7.14. The van der Waals surface area contributed by atoms with Gasteiger partial charge in [0.1, 0.15) is 17.3 Å². The van der Waals surface area contributed by atoms with Crippen LogP contribution in [0.15, 0.2) is 48.5 Å². The summed E-state index contributed by atoms with van der Waals surface area (Å²) in [6.45, 7) is 0. The zero-order chi connectivity index (χ0) is 19.4. The smallest absolute Gasteiger partial charge is 0.346 e. The molecule has 3 N–H and O–H groups in total. The molecule has 0 aliphatic heterocycles. The predicted molar refractivity (Wildman–Crippen MR) is 110 cm³/mol. The summed E-state index contributed by atoms with van der Waals surface area (Å²) in [7, 11) is -9.82. The Bertz CT molecular complexity index is 907. The molecule has 13 heteroatoms. The Morgan fingerprint density at radius 1 is 1.00 bits per heavy atom. The van der Waals surface area contributed by atoms with E-state index in [2.05, 4.69) is 0 Å². The maximum atomic E-state index is 12.9. The van der Waals surface area contributed by atoms with E-state index >= 15 is 0 Å². The fraction of sp³-hybridized carbons (Fsp3) is 0.250. The van der Waals surface area contributed by atoms with Gasteiger partial charge in [0.2, 0.25) is 0 Å². The van der Waals surface area contributed by atoms with Crippen molar-refractivity contribution in [3.63, 3.8) is 0 Å². The Balaban J connectivity index is 0. The molecule has 0 saturated heterocycles. The van der Waals surface area contributed by atoms with Gasteiger partial charge in [-0.1, -0.05) is 12.1 Å². The zero-order valence-corrected chi connectivity index (χ0v) is 27.6. The summed E-state index contributed by atoms with van der Waals surface area (Å²) in [6, 6.07) is 12.3. The van der Waals surface area contributed by atoms with Crippen molar-refractivity contribution in [2.75, 3.05) is 0 Å². The molecule has 0 aromatic heterocycles. The van der Waals surface area contributed by atoms with Crippen LogP contribution in [0.1, 0.15) is 18.4 Å². The van der Waals surface area contributed by atoms with Crippen LogP contribution in [0.5, 0.6) is 11.5 Å². The molecular weight excluding hydrogens is 504 g/mol. The fourth-order valence-corrected chi connectivity index (χ4v) is 4.75. The van der Waals surface area contributed by atoms with Crippen LogP contribution in [0.2, 0.25) is 0 Å². The van der Waals surface area contributed by atoms with Gasteiger partial charge in [-0.2, -0.15) is 8.42 Å². The Hall–Kier alpha value is 3.14. The van der Waals surface area contributed by atoms with E-state index in [0.29, 0.717) is 17.9 Å². The summed E-state index contributed by atoms with van der Waals surface area (Å²) in [5.41, 5.74) is 0.754. The number of ether oxygens (including phenoxy) is 1. The van der Waals surface area contributed by atoms with Crippen LogP contribution in [-0.4, -0.2) is 182 Å². The van der Waals surface area contributed by atoms with E-state index in [4.69, 9.17) is 19.1 Å². The van der Waals surface area contributed by atoms with Crippen LogP contribution >= 0.6 is 7.60 Å². The van der Waals surface area contributed by atoms with Crippen molar-refractivity contribution in [3.05, 3.63) is 59.9 Å². The molecule has 0 amide bonds. The monoisotopic (exact) mass is 521 g/mol. The second kappa shape index (κ2) is 15.9. The van der Waals surface area contributed by atoms with Gasteiger partial charge in [-0.15, -0.1) is 0 Å². The minimum Gasteiger partial charge on any atom is -0.457 e. The van der Waals surface area contributed by atoms with Crippen molar-refractivity contribution in [1.82, 2.24) is 0 Å². The Kier molecular flexibility index (Phi) is 18.8. The molecule has 0 heterocycles. The number of aryl methyl sites for hydroxylation is 1. The fourth-order valence-electron chi connectivity index (χ4n) is 2.37. The number of rotatable bonds is 8. The number of hydrogen-bond donors (Lipinski definition) is 3. The number of hydrogen-bond acceptors (Lipinski definition) is 4. The molecular formula is C16H18FK3O7PS. The normalized spacial score (nSPS) is 12.0. The second-order valence-electron chi connectivity index (χ2n) is 5.65. The molecule has 0 bridgehead atoms. The Morgan fingerprint density at radius 3 is 2.10 bits per heavy atom. The standard InChI is InChI=1S/C16H18FO7PS.3K/c17-13-7-9-14(10-8-13)24-15-5-1-3-12(11-15)4-2-6-16(25(18,19)20)26(21,22)23;;;/h1,3,5,7-11,16H,2,4,6H2,(H2,18,19,20)(H,21,22,23);;;.